The van der Waals surface area contributed by atoms with Gasteiger partial charge in [0.05, 0.1) is 18.3 Å². The Morgan fingerprint density at radius 2 is 2.00 bits per heavy atom. The van der Waals surface area contributed by atoms with E-state index in [1.165, 1.54) is 0 Å². The monoisotopic (exact) mass is 260 g/mol. The Morgan fingerprint density at radius 1 is 1.29 bits per heavy atom. The number of hydrogen-bond acceptors (Lipinski definition) is 4. The lowest BCUT2D eigenvalue weighted by Gasteiger charge is -2.28. The van der Waals surface area contributed by atoms with E-state index in [-0.39, 0.29) is 6.10 Å². The van der Waals surface area contributed by atoms with Gasteiger partial charge in [0.25, 0.3) is 0 Å². The first-order valence-electron chi connectivity index (χ1n) is 6.52. The molecule has 2 fully saturated rings. The molecule has 0 aromatic rings. The molecule has 0 aromatic heterocycles. The third kappa shape index (κ3) is 3.29. The van der Waals surface area contributed by atoms with E-state index in [9.17, 15) is 5.11 Å². The summed E-state index contributed by atoms with van der Waals surface area (Å²) in [6.07, 6.45) is 4.76. The zero-order chi connectivity index (χ0) is 12.5. The largest absolute Gasteiger partial charge is 0.398 e. The van der Waals surface area contributed by atoms with E-state index in [4.69, 9.17) is 13.6 Å². The molecule has 17 heavy (non-hydrogen) atoms. The van der Waals surface area contributed by atoms with Gasteiger partial charge in [-0.05, 0) is 44.2 Å². The summed E-state index contributed by atoms with van der Waals surface area (Å²) in [5, 5.41) is 10.2. The van der Waals surface area contributed by atoms with Crippen molar-refractivity contribution in [2.75, 3.05) is 14.2 Å². The van der Waals surface area contributed by atoms with Gasteiger partial charge in [0.15, 0.2) is 0 Å². The topological polar surface area (TPSA) is 51.2 Å². The molecule has 1 aliphatic heterocycles. The van der Waals surface area contributed by atoms with E-state index >= 15 is 0 Å². The summed E-state index contributed by atoms with van der Waals surface area (Å²) < 4.78 is 16.4. The first kappa shape index (κ1) is 13.5. The molecule has 100 valence electrons. The Morgan fingerprint density at radius 3 is 2.59 bits per heavy atom. The van der Waals surface area contributed by atoms with Crippen molar-refractivity contribution in [1.29, 1.82) is 0 Å². The van der Waals surface area contributed by atoms with Crippen LogP contribution in [0.25, 0.3) is 0 Å². The fraction of sp³-hybridized carbons (Fsp3) is 1.00. The number of aliphatic hydroxyl groups excluding tert-OH is 1. The predicted octanol–water partition coefficient (Wildman–Crippen LogP) is 1.67. The van der Waals surface area contributed by atoms with Crippen LogP contribution in [0.3, 0.4) is 0 Å². The molecule has 1 aliphatic carbocycles. The SMILES string of the molecule is CO[Si](C)(CCC(O)C1CCC2OC2C1)OC. The van der Waals surface area contributed by atoms with Gasteiger partial charge in [-0.1, -0.05) is 0 Å². The molecular formula is C12H24O4Si. The molecule has 0 amide bonds. The molecule has 1 saturated carbocycles. The second-order valence-corrected chi connectivity index (χ2v) is 9.02. The molecule has 1 N–H and O–H groups in total. The molecule has 4 nitrogen and oxygen atoms in total. The summed E-state index contributed by atoms with van der Waals surface area (Å²) in [7, 11) is 1.38. The molecule has 0 radical (unpaired) electrons. The van der Waals surface area contributed by atoms with Gasteiger partial charge in [0.1, 0.15) is 0 Å². The number of hydrogen-bond donors (Lipinski definition) is 1. The average molecular weight is 260 g/mol. The van der Waals surface area contributed by atoms with Crippen molar-refractivity contribution in [3.63, 3.8) is 0 Å². The van der Waals surface area contributed by atoms with Crippen molar-refractivity contribution < 1.29 is 18.7 Å². The minimum absolute atomic E-state index is 0.225. The van der Waals surface area contributed by atoms with Gasteiger partial charge in [0, 0.05) is 14.2 Å². The van der Waals surface area contributed by atoms with E-state index < -0.39 is 8.56 Å². The molecule has 5 heteroatoms. The van der Waals surface area contributed by atoms with E-state index in [0.717, 1.165) is 31.7 Å². The lowest BCUT2D eigenvalue weighted by atomic mass is 9.84. The number of rotatable bonds is 6. The minimum Gasteiger partial charge on any atom is -0.398 e. The maximum atomic E-state index is 10.2. The number of ether oxygens (including phenoxy) is 1. The maximum absolute atomic E-state index is 10.2. The van der Waals surface area contributed by atoms with Gasteiger partial charge in [-0.2, -0.15) is 0 Å². The van der Waals surface area contributed by atoms with Crippen LogP contribution in [-0.2, 0) is 13.6 Å². The summed E-state index contributed by atoms with van der Waals surface area (Å²) in [4.78, 5) is 0. The molecule has 2 aliphatic rings. The van der Waals surface area contributed by atoms with Crippen molar-refractivity contribution in [3.05, 3.63) is 0 Å². The Labute approximate surface area is 105 Å². The van der Waals surface area contributed by atoms with Crippen LogP contribution < -0.4 is 0 Å². The third-order valence-corrected chi connectivity index (χ3v) is 7.27. The third-order valence-electron chi connectivity index (χ3n) is 4.35. The fourth-order valence-electron chi connectivity index (χ4n) is 2.72. The number of aliphatic hydroxyl groups is 1. The molecule has 4 unspecified atom stereocenters. The minimum atomic E-state index is -2.02. The van der Waals surface area contributed by atoms with Gasteiger partial charge in [-0.15, -0.1) is 0 Å². The maximum Gasteiger partial charge on any atom is 0.334 e. The molecule has 0 bridgehead atoms. The average Bonchev–Trinajstić information content (AvgIpc) is 3.13. The van der Waals surface area contributed by atoms with Crippen molar-refractivity contribution in [3.8, 4) is 0 Å². The lowest BCUT2D eigenvalue weighted by molar-refractivity contribution is 0.0825. The highest BCUT2D eigenvalue weighted by molar-refractivity contribution is 6.65. The molecule has 2 rings (SSSR count). The van der Waals surface area contributed by atoms with Crippen molar-refractivity contribution in [2.45, 2.75) is 56.6 Å². The molecule has 1 saturated heterocycles. The van der Waals surface area contributed by atoms with Crippen molar-refractivity contribution >= 4 is 8.56 Å². The highest BCUT2D eigenvalue weighted by atomic mass is 28.4. The number of epoxide rings is 1. The van der Waals surface area contributed by atoms with Crippen LogP contribution in [0.2, 0.25) is 12.6 Å². The van der Waals surface area contributed by atoms with Gasteiger partial charge in [0.2, 0.25) is 0 Å². The van der Waals surface area contributed by atoms with Crippen LogP contribution >= 0.6 is 0 Å². The summed E-state index contributed by atoms with van der Waals surface area (Å²) in [6.45, 7) is 2.04. The van der Waals surface area contributed by atoms with Gasteiger partial charge < -0.3 is 18.7 Å². The summed E-state index contributed by atoms with van der Waals surface area (Å²) in [6, 6.07) is 0.854. The Kier molecular flexibility index (Phi) is 4.25. The van der Waals surface area contributed by atoms with E-state index in [1.54, 1.807) is 14.2 Å². The standard InChI is InChI=1S/C12H24O4Si/c1-14-17(3,15-2)7-6-10(13)9-4-5-11-12(8-9)16-11/h9-13H,4-8H2,1-3H3. The molecule has 0 aromatic carbocycles. The zero-order valence-electron chi connectivity index (χ0n) is 11.0. The second-order valence-electron chi connectivity index (χ2n) is 5.43. The molecule has 4 atom stereocenters. The quantitative estimate of drug-likeness (QED) is 0.583. The zero-order valence-corrected chi connectivity index (χ0v) is 12.0. The summed E-state index contributed by atoms with van der Waals surface area (Å²) in [5.41, 5.74) is 0. The van der Waals surface area contributed by atoms with Crippen LogP contribution in [0.5, 0.6) is 0 Å². The normalized spacial score (nSPS) is 34.2. The van der Waals surface area contributed by atoms with Crippen LogP contribution in [-0.4, -0.2) is 46.2 Å². The second kappa shape index (κ2) is 5.36. The molecule has 1 heterocycles. The molecular weight excluding hydrogens is 236 g/mol. The number of fused-ring (bicyclic) bond motifs is 1. The van der Waals surface area contributed by atoms with Gasteiger partial charge in [-0.25, -0.2) is 0 Å². The Balaban J connectivity index is 1.74. The lowest BCUT2D eigenvalue weighted by Crippen LogP contribution is -2.38. The van der Waals surface area contributed by atoms with Gasteiger partial charge >= 0.3 is 8.56 Å². The Hall–Kier alpha value is 0.0569. The van der Waals surface area contributed by atoms with Crippen LogP contribution in [0, 0.1) is 5.92 Å². The summed E-state index contributed by atoms with van der Waals surface area (Å²) in [5.74, 6) is 0.408. The van der Waals surface area contributed by atoms with Crippen LogP contribution in [0.4, 0.5) is 0 Å². The van der Waals surface area contributed by atoms with E-state index in [1.807, 2.05) is 6.55 Å². The van der Waals surface area contributed by atoms with Crippen LogP contribution in [0.15, 0.2) is 0 Å². The van der Waals surface area contributed by atoms with Crippen LogP contribution in [0.1, 0.15) is 25.7 Å². The van der Waals surface area contributed by atoms with E-state index in [2.05, 4.69) is 0 Å². The first-order valence-corrected chi connectivity index (χ1v) is 9.04. The smallest absolute Gasteiger partial charge is 0.334 e. The fourth-order valence-corrected chi connectivity index (χ4v) is 4.11. The van der Waals surface area contributed by atoms with E-state index in [0.29, 0.717) is 18.1 Å². The van der Waals surface area contributed by atoms with Crippen molar-refractivity contribution in [2.24, 2.45) is 5.92 Å². The Bertz CT molecular complexity index is 257. The summed E-state index contributed by atoms with van der Waals surface area (Å²) >= 11 is 0. The first-order chi connectivity index (χ1) is 8.08. The molecule has 0 spiro atoms. The highest BCUT2D eigenvalue weighted by Crippen LogP contribution is 2.41. The highest BCUT2D eigenvalue weighted by Gasteiger charge is 2.45. The van der Waals surface area contributed by atoms with Gasteiger partial charge in [-0.3, -0.25) is 0 Å². The predicted molar refractivity (Wildman–Crippen MR) is 67.1 cm³/mol. The van der Waals surface area contributed by atoms with Crippen molar-refractivity contribution in [1.82, 2.24) is 0 Å².